The minimum atomic E-state index is -0.562. The monoisotopic (exact) mass is 305 g/mol. The van der Waals surface area contributed by atoms with Crippen LogP contribution in [0.4, 0.5) is 0 Å². The van der Waals surface area contributed by atoms with E-state index in [1.807, 2.05) is 31.4 Å². The van der Waals surface area contributed by atoms with Crippen LogP contribution in [0.2, 0.25) is 0 Å². The fraction of sp³-hybridized carbons (Fsp3) is 0.333. The first-order valence-corrected chi connectivity index (χ1v) is 6.80. The molecule has 0 spiro atoms. The van der Waals surface area contributed by atoms with Gasteiger partial charge in [-0.2, -0.15) is 0 Å². The normalized spacial score (nSPS) is 10.8. The Hall–Kier alpha value is -2.38. The number of methoxy groups -OCH3 is 1. The van der Waals surface area contributed by atoms with Gasteiger partial charge in [0.25, 0.3) is 5.89 Å². The third-order valence-corrected chi connectivity index (χ3v) is 2.99. The molecule has 0 bridgehead atoms. The number of nitrogens with one attached hydrogen (secondary N) is 1. The molecule has 0 aliphatic carbocycles. The molecule has 0 aliphatic heterocycles. The molecule has 1 heterocycles. The Bertz CT molecular complexity index is 635. The number of carbonyl (C=O) groups excluding carboxylic acids is 1. The quantitative estimate of drug-likeness (QED) is 0.367. The van der Waals surface area contributed by atoms with E-state index in [1.165, 1.54) is 0 Å². The number of nitrogen functional groups attached to an aromatic ring is 1. The smallest absolute Gasteiger partial charge is 0.321 e. The Morgan fingerprint density at radius 1 is 1.36 bits per heavy atom. The van der Waals surface area contributed by atoms with E-state index in [9.17, 15) is 4.79 Å². The lowest BCUT2D eigenvalue weighted by Gasteiger charge is -2.06. The number of hydrogen-bond donors (Lipinski definition) is 2. The van der Waals surface area contributed by atoms with Crippen molar-refractivity contribution in [2.45, 2.75) is 19.8 Å². The summed E-state index contributed by atoms with van der Waals surface area (Å²) in [7, 11) is 1.56. The summed E-state index contributed by atoms with van der Waals surface area (Å²) in [5.74, 6) is 5.82. The standard InChI is InChI=1S/C15H19N3O4/c1-9(2)12-13(22-15(17-12)14(19)18-16)10-4-6-11(7-5-10)21-8-20-3/h4-7,9H,8,16H2,1-3H3,(H,18,19). The number of rotatable bonds is 6. The predicted octanol–water partition coefficient (Wildman–Crippen LogP) is 2.05. The Balaban J connectivity index is 2.34. The van der Waals surface area contributed by atoms with Crippen molar-refractivity contribution >= 4 is 5.91 Å². The van der Waals surface area contributed by atoms with Crippen molar-refractivity contribution in [3.05, 3.63) is 35.9 Å². The first-order chi connectivity index (χ1) is 10.6. The van der Waals surface area contributed by atoms with Crippen molar-refractivity contribution in [2.75, 3.05) is 13.9 Å². The van der Waals surface area contributed by atoms with Crippen molar-refractivity contribution in [3.63, 3.8) is 0 Å². The lowest BCUT2D eigenvalue weighted by atomic mass is 10.0. The average Bonchev–Trinajstić information content (AvgIpc) is 2.98. The van der Waals surface area contributed by atoms with Crippen LogP contribution >= 0.6 is 0 Å². The maximum atomic E-state index is 11.6. The van der Waals surface area contributed by atoms with E-state index in [-0.39, 0.29) is 18.6 Å². The molecule has 1 aromatic carbocycles. The number of nitrogens with two attached hydrogens (primary N) is 1. The molecule has 0 fully saturated rings. The van der Waals surface area contributed by atoms with Crippen LogP contribution < -0.4 is 16.0 Å². The zero-order chi connectivity index (χ0) is 16.1. The van der Waals surface area contributed by atoms with Gasteiger partial charge in [0.2, 0.25) is 0 Å². The number of carbonyl (C=O) groups is 1. The molecule has 0 saturated heterocycles. The van der Waals surface area contributed by atoms with Gasteiger partial charge in [0.1, 0.15) is 5.75 Å². The molecule has 118 valence electrons. The van der Waals surface area contributed by atoms with E-state index < -0.39 is 5.91 Å². The summed E-state index contributed by atoms with van der Waals surface area (Å²) in [4.78, 5) is 15.8. The molecule has 3 N–H and O–H groups in total. The number of hydrazine groups is 1. The van der Waals surface area contributed by atoms with Crippen LogP contribution in [-0.2, 0) is 4.74 Å². The molecule has 7 heteroatoms. The summed E-state index contributed by atoms with van der Waals surface area (Å²) in [5.41, 5.74) is 3.52. The van der Waals surface area contributed by atoms with Gasteiger partial charge in [-0.25, -0.2) is 10.8 Å². The van der Waals surface area contributed by atoms with Crippen molar-refractivity contribution < 1.29 is 18.7 Å². The second-order valence-electron chi connectivity index (χ2n) is 4.94. The largest absolute Gasteiger partial charge is 0.468 e. The topological polar surface area (TPSA) is 99.6 Å². The summed E-state index contributed by atoms with van der Waals surface area (Å²) in [5, 5.41) is 0. The second kappa shape index (κ2) is 7.06. The highest BCUT2D eigenvalue weighted by Gasteiger charge is 2.21. The Morgan fingerprint density at radius 3 is 2.59 bits per heavy atom. The highest BCUT2D eigenvalue weighted by atomic mass is 16.7. The number of ether oxygens (including phenoxy) is 2. The molecular weight excluding hydrogens is 286 g/mol. The molecule has 0 unspecified atom stereocenters. The van der Waals surface area contributed by atoms with Gasteiger partial charge in [0.15, 0.2) is 12.6 Å². The van der Waals surface area contributed by atoms with Gasteiger partial charge in [-0.3, -0.25) is 10.2 Å². The molecule has 1 aromatic heterocycles. The highest BCUT2D eigenvalue weighted by molar-refractivity contribution is 5.89. The molecule has 1 amide bonds. The maximum Gasteiger partial charge on any atom is 0.321 e. The van der Waals surface area contributed by atoms with Crippen molar-refractivity contribution in [1.82, 2.24) is 10.4 Å². The highest BCUT2D eigenvalue weighted by Crippen LogP contribution is 2.31. The number of oxazole rings is 1. The molecule has 0 saturated carbocycles. The van der Waals surface area contributed by atoms with Crippen molar-refractivity contribution in [1.29, 1.82) is 0 Å². The zero-order valence-electron chi connectivity index (χ0n) is 12.8. The third kappa shape index (κ3) is 3.44. The number of nitrogens with zero attached hydrogens (tertiary/aromatic N) is 1. The van der Waals surface area contributed by atoms with Gasteiger partial charge in [0.05, 0.1) is 5.69 Å². The van der Waals surface area contributed by atoms with E-state index >= 15 is 0 Å². The lowest BCUT2D eigenvalue weighted by Crippen LogP contribution is -2.30. The van der Waals surface area contributed by atoms with Crippen LogP contribution in [-0.4, -0.2) is 24.8 Å². The van der Waals surface area contributed by atoms with Crippen LogP contribution in [0.5, 0.6) is 5.75 Å². The molecule has 22 heavy (non-hydrogen) atoms. The van der Waals surface area contributed by atoms with Gasteiger partial charge >= 0.3 is 5.91 Å². The summed E-state index contributed by atoms with van der Waals surface area (Å²) < 4.78 is 15.7. The Kier molecular flexibility index (Phi) is 5.13. The van der Waals surface area contributed by atoms with Crippen LogP contribution in [0.3, 0.4) is 0 Å². The fourth-order valence-electron chi connectivity index (χ4n) is 1.92. The predicted molar refractivity (Wildman–Crippen MR) is 80.2 cm³/mol. The first kappa shape index (κ1) is 16.0. The van der Waals surface area contributed by atoms with E-state index in [2.05, 4.69) is 4.98 Å². The van der Waals surface area contributed by atoms with Gasteiger partial charge in [0, 0.05) is 12.7 Å². The Labute approximate surface area is 128 Å². The summed E-state index contributed by atoms with van der Waals surface area (Å²) in [6.45, 7) is 4.13. The van der Waals surface area contributed by atoms with Crippen LogP contribution in [0.1, 0.15) is 36.1 Å². The Morgan fingerprint density at radius 2 is 2.05 bits per heavy atom. The summed E-state index contributed by atoms with van der Waals surface area (Å²) in [6, 6.07) is 7.26. The molecule has 2 rings (SSSR count). The third-order valence-electron chi connectivity index (χ3n) is 2.99. The molecule has 0 radical (unpaired) electrons. The van der Waals surface area contributed by atoms with Crippen LogP contribution in [0.25, 0.3) is 11.3 Å². The minimum Gasteiger partial charge on any atom is -0.468 e. The number of amides is 1. The molecule has 7 nitrogen and oxygen atoms in total. The number of hydrogen-bond acceptors (Lipinski definition) is 6. The second-order valence-corrected chi connectivity index (χ2v) is 4.94. The van der Waals surface area contributed by atoms with Gasteiger partial charge < -0.3 is 13.9 Å². The van der Waals surface area contributed by atoms with Gasteiger partial charge in [-0.05, 0) is 30.2 Å². The molecular formula is C15H19N3O4. The zero-order valence-corrected chi connectivity index (χ0v) is 12.8. The van der Waals surface area contributed by atoms with Crippen molar-refractivity contribution in [3.8, 4) is 17.1 Å². The molecule has 2 aromatic rings. The van der Waals surface area contributed by atoms with E-state index in [4.69, 9.17) is 19.7 Å². The molecule has 0 atom stereocenters. The van der Waals surface area contributed by atoms with E-state index in [1.54, 1.807) is 19.2 Å². The maximum absolute atomic E-state index is 11.6. The van der Waals surface area contributed by atoms with Gasteiger partial charge in [-0.15, -0.1) is 0 Å². The average molecular weight is 305 g/mol. The van der Waals surface area contributed by atoms with E-state index in [0.717, 1.165) is 5.56 Å². The van der Waals surface area contributed by atoms with E-state index in [0.29, 0.717) is 17.2 Å². The number of benzene rings is 1. The fourth-order valence-corrected chi connectivity index (χ4v) is 1.92. The number of aromatic nitrogens is 1. The minimum absolute atomic E-state index is 0.0547. The van der Waals surface area contributed by atoms with Crippen LogP contribution in [0.15, 0.2) is 28.7 Å². The molecule has 0 aliphatic rings. The summed E-state index contributed by atoms with van der Waals surface area (Å²) >= 11 is 0. The first-order valence-electron chi connectivity index (χ1n) is 6.80. The van der Waals surface area contributed by atoms with Crippen molar-refractivity contribution in [2.24, 2.45) is 5.84 Å². The lowest BCUT2D eigenvalue weighted by molar-refractivity contribution is 0.0511. The summed E-state index contributed by atoms with van der Waals surface area (Å²) in [6.07, 6.45) is 0. The SMILES string of the molecule is COCOc1ccc(-c2oc(C(=O)NN)nc2C(C)C)cc1. The van der Waals surface area contributed by atoms with Gasteiger partial charge in [-0.1, -0.05) is 13.8 Å². The van der Waals surface area contributed by atoms with Crippen LogP contribution in [0, 0.1) is 0 Å².